The molecule has 1 aromatic heterocycles. The van der Waals surface area contributed by atoms with Gasteiger partial charge in [-0.15, -0.1) is 0 Å². The summed E-state index contributed by atoms with van der Waals surface area (Å²) in [5.41, 5.74) is 2.19. The second kappa shape index (κ2) is 8.71. The number of hydrogen-bond acceptors (Lipinski definition) is 4. The maximum Gasteiger partial charge on any atom is 0.253 e. The van der Waals surface area contributed by atoms with E-state index in [0.717, 1.165) is 69.9 Å². The van der Waals surface area contributed by atoms with Crippen LogP contribution in [0.15, 0.2) is 48.7 Å². The van der Waals surface area contributed by atoms with Crippen molar-refractivity contribution in [2.24, 2.45) is 11.3 Å². The van der Waals surface area contributed by atoms with Crippen LogP contribution in [-0.2, 0) is 10.2 Å². The van der Waals surface area contributed by atoms with E-state index in [4.69, 9.17) is 0 Å². The number of nitrogens with zero attached hydrogens (tertiary/aromatic N) is 4. The SMILES string of the molecule is CC(C)(C)c1ccc(C(=O)N2CCC3(CC2)CC3C(=O)N2CCN(c3ccccn3)CC2)cc1. The van der Waals surface area contributed by atoms with Gasteiger partial charge in [0.25, 0.3) is 5.91 Å². The molecule has 0 bridgehead atoms. The van der Waals surface area contributed by atoms with Crippen molar-refractivity contribution in [1.29, 1.82) is 0 Å². The highest BCUT2D eigenvalue weighted by Gasteiger charge is 2.59. The van der Waals surface area contributed by atoms with Gasteiger partial charge in [0.05, 0.1) is 0 Å². The highest BCUT2D eigenvalue weighted by molar-refractivity contribution is 5.94. The minimum absolute atomic E-state index is 0.0810. The van der Waals surface area contributed by atoms with Crippen molar-refractivity contribution in [3.05, 3.63) is 59.8 Å². The third-order valence-corrected chi connectivity index (χ3v) is 8.10. The number of likely N-dealkylation sites (tertiary alicyclic amines) is 1. The van der Waals surface area contributed by atoms with E-state index in [1.165, 1.54) is 5.56 Å². The van der Waals surface area contributed by atoms with Gasteiger partial charge in [-0.25, -0.2) is 4.98 Å². The largest absolute Gasteiger partial charge is 0.353 e. The smallest absolute Gasteiger partial charge is 0.253 e. The van der Waals surface area contributed by atoms with Gasteiger partial charge in [-0.2, -0.15) is 0 Å². The molecular weight excluding hydrogens is 424 g/mol. The Labute approximate surface area is 202 Å². The van der Waals surface area contributed by atoms with Crippen LogP contribution in [0.2, 0.25) is 0 Å². The van der Waals surface area contributed by atoms with Crippen LogP contribution in [0.5, 0.6) is 0 Å². The van der Waals surface area contributed by atoms with Crippen LogP contribution in [-0.4, -0.2) is 65.9 Å². The Morgan fingerprint density at radius 3 is 2.15 bits per heavy atom. The molecule has 2 saturated heterocycles. The Kier molecular flexibility index (Phi) is 5.86. The summed E-state index contributed by atoms with van der Waals surface area (Å²) < 4.78 is 0. The zero-order valence-corrected chi connectivity index (χ0v) is 20.7. The Hall–Kier alpha value is -2.89. The van der Waals surface area contributed by atoms with Crippen molar-refractivity contribution in [3.63, 3.8) is 0 Å². The molecule has 3 heterocycles. The molecule has 3 aliphatic rings. The van der Waals surface area contributed by atoms with Crippen molar-refractivity contribution in [3.8, 4) is 0 Å². The molecule has 1 unspecified atom stereocenters. The Balaban J connectivity index is 1.12. The number of carbonyl (C=O) groups is 2. The van der Waals surface area contributed by atoms with E-state index in [2.05, 4.69) is 42.8 Å². The maximum atomic E-state index is 13.2. The van der Waals surface area contributed by atoms with Crippen molar-refractivity contribution in [2.75, 3.05) is 44.2 Å². The molecule has 3 fully saturated rings. The molecular formula is C28H36N4O2. The first-order valence-corrected chi connectivity index (χ1v) is 12.6. The van der Waals surface area contributed by atoms with Gasteiger partial charge in [0.1, 0.15) is 5.82 Å². The lowest BCUT2D eigenvalue weighted by Gasteiger charge is -2.37. The topological polar surface area (TPSA) is 56.8 Å². The molecule has 2 amide bonds. The number of rotatable bonds is 3. The minimum Gasteiger partial charge on any atom is -0.353 e. The highest BCUT2D eigenvalue weighted by atomic mass is 16.2. The summed E-state index contributed by atoms with van der Waals surface area (Å²) in [7, 11) is 0. The third kappa shape index (κ3) is 4.42. The number of anilines is 1. The molecule has 0 radical (unpaired) electrons. The molecule has 1 saturated carbocycles. The molecule has 1 aromatic carbocycles. The zero-order chi connectivity index (χ0) is 23.9. The first-order valence-electron chi connectivity index (χ1n) is 12.6. The van der Waals surface area contributed by atoms with Crippen molar-refractivity contribution in [2.45, 2.75) is 45.4 Å². The van der Waals surface area contributed by atoms with E-state index in [1.54, 1.807) is 0 Å². The molecule has 5 rings (SSSR count). The van der Waals surface area contributed by atoms with Crippen molar-refractivity contribution >= 4 is 17.6 Å². The minimum atomic E-state index is 0.0810. The molecule has 6 nitrogen and oxygen atoms in total. The molecule has 1 aliphatic carbocycles. The van der Waals surface area contributed by atoms with Crippen LogP contribution < -0.4 is 4.90 Å². The molecule has 6 heteroatoms. The van der Waals surface area contributed by atoms with Crippen LogP contribution in [0.4, 0.5) is 5.82 Å². The molecule has 1 atom stereocenters. The third-order valence-electron chi connectivity index (χ3n) is 8.10. The summed E-state index contributed by atoms with van der Waals surface area (Å²) in [6, 6.07) is 14.0. The number of amides is 2. The fourth-order valence-electron chi connectivity index (χ4n) is 5.62. The van der Waals surface area contributed by atoms with Crippen LogP contribution in [0.25, 0.3) is 0 Å². The molecule has 1 spiro atoms. The average Bonchev–Trinajstić information content (AvgIpc) is 3.56. The normalized spacial score (nSPS) is 22.1. The second-order valence-corrected chi connectivity index (χ2v) is 11.2. The van der Waals surface area contributed by atoms with E-state index in [0.29, 0.717) is 5.91 Å². The number of hydrogen-bond donors (Lipinski definition) is 0. The maximum absolute atomic E-state index is 13.2. The van der Waals surface area contributed by atoms with Gasteiger partial charge in [0.2, 0.25) is 5.91 Å². The van der Waals surface area contributed by atoms with Crippen molar-refractivity contribution in [1.82, 2.24) is 14.8 Å². The van der Waals surface area contributed by atoms with Crippen LogP contribution >= 0.6 is 0 Å². The first kappa shape index (κ1) is 22.9. The molecule has 2 aromatic rings. The Morgan fingerprint density at radius 2 is 1.56 bits per heavy atom. The van der Waals surface area contributed by atoms with Crippen molar-refractivity contribution < 1.29 is 9.59 Å². The second-order valence-electron chi connectivity index (χ2n) is 11.2. The van der Waals surface area contributed by atoms with Gasteiger partial charge in [0, 0.05) is 56.9 Å². The van der Waals surface area contributed by atoms with Crippen LogP contribution in [0, 0.1) is 11.3 Å². The summed E-state index contributed by atoms with van der Waals surface area (Å²) in [5, 5.41) is 0. The lowest BCUT2D eigenvalue weighted by Crippen LogP contribution is -2.50. The predicted molar refractivity (Wildman–Crippen MR) is 134 cm³/mol. The zero-order valence-electron chi connectivity index (χ0n) is 20.7. The molecule has 0 N–H and O–H groups in total. The predicted octanol–water partition coefficient (Wildman–Crippen LogP) is 3.97. The Bertz CT molecular complexity index is 1030. The number of piperidine rings is 1. The summed E-state index contributed by atoms with van der Waals surface area (Å²) in [6.07, 6.45) is 4.67. The fraction of sp³-hybridized carbons (Fsp3) is 0.536. The van der Waals surface area contributed by atoms with E-state index in [1.807, 2.05) is 46.3 Å². The first-order chi connectivity index (χ1) is 16.3. The van der Waals surface area contributed by atoms with E-state index in [-0.39, 0.29) is 22.7 Å². The molecule has 2 aliphatic heterocycles. The fourth-order valence-corrected chi connectivity index (χ4v) is 5.62. The van der Waals surface area contributed by atoms with E-state index >= 15 is 0 Å². The van der Waals surface area contributed by atoms with Gasteiger partial charge < -0.3 is 14.7 Å². The summed E-state index contributed by atoms with van der Waals surface area (Å²) in [5.74, 6) is 1.56. The van der Waals surface area contributed by atoms with Gasteiger partial charge in [-0.1, -0.05) is 39.0 Å². The summed E-state index contributed by atoms with van der Waals surface area (Å²) in [4.78, 5) is 37.0. The lowest BCUT2D eigenvalue weighted by molar-refractivity contribution is -0.134. The summed E-state index contributed by atoms with van der Waals surface area (Å²) >= 11 is 0. The lowest BCUT2D eigenvalue weighted by atomic mass is 9.86. The number of carbonyl (C=O) groups excluding carboxylic acids is 2. The van der Waals surface area contributed by atoms with E-state index < -0.39 is 0 Å². The Morgan fingerprint density at radius 1 is 0.882 bits per heavy atom. The number of benzene rings is 1. The standard InChI is InChI=1S/C28H36N4O2/c1-27(2,3)22-9-7-21(8-10-22)25(33)31-14-11-28(12-15-31)20-23(28)26(34)32-18-16-30(17-19-32)24-6-4-5-13-29-24/h4-10,13,23H,11-12,14-20H2,1-3H3. The number of aromatic nitrogens is 1. The quantitative estimate of drug-likeness (QED) is 0.696. The number of pyridine rings is 1. The number of piperazine rings is 1. The van der Waals surface area contributed by atoms with Crippen LogP contribution in [0.3, 0.4) is 0 Å². The molecule has 180 valence electrons. The molecule has 34 heavy (non-hydrogen) atoms. The monoisotopic (exact) mass is 460 g/mol. The summed E-state index contributed by atoms with van der Waals surface area (Å²) in [6.45, 7) is 11.2. The van der Waals surface area contributed by atoms with Gasteiger partial charge in [0.15, 0.2) is 0 Å². The van der Waals surface area contributed by atoms with Gasteiger partial charge in [-0.3, -0.25) is 9.59 Å². The van der Waals surface area contributed by atoms with E-state index in [9.17, 15) is 9.59 Å². The van der Waals surface area contributed by atoms with Crippen LogP contribution in [0.1, 0.15) is 56.0 Å². The average molecular weight is 461 g/mol. The highest BCUT2D eigenvalue weighted by Crippen LogP contribution is 2.60. The van der Waals surface area contributed by atoms with Gasteiger partial charge >= 0.3 is 0 Å². The van der Waals surface area contributed by atoms with Gasteiger partial charge in [-0.05, 0) is 59.9 Å².